The van der Waals surface area contributed by atoms with Crippen LogP contribution < -0.4 is 0 Å². The van der Waals surface area contributed by atoms with Crippen LogP contribution in [0.15, 0.2) is 54.7 Å². The monoisotopic (exact) mass is 227 g/mol. The van der Waals surface area contributed by atoms with Crippen molar-refractivity contribution >= 4 is 11.9 Å². The van der Waals surface area contributed by atoms with Crippen LogP contribution in [0.5, 0.6) is 0 Å². The van der Waals surface area contributed by atoms with E-state index in [1.54, 1.807) is 24.4 Å². The maximum Gasteiger partial charge on any atom is 0.185 e. The number of rotatable bonds is 3. The largest absolute Gasteiger partial charge is 0.289 e. The lowest BCUT2D eigenvalue weighted by Crippen LogP contribution is -1.94. The van der Waals surface area contributed by atoms with Crippen molar-refractivity contribution in [1.29, 1.82) is 0 Å². The van der Waals surface area contributed by atoms with Crippen LogP contribution in [0.3, 0.4) is 0 Å². The number of pyridine rings is 1. The molecule has 0 saturated heterocycles. The van der Waals surface area contributed by atoms with Gasteiger partial charge in [0.15, 0.2) is 5.78 Å². The first kappa shape index (κ1) is 11.2. The Hall–Kier alpha value is -2.29. The Kier molecular flexibility index (Phi) is 3.40. The summed E-state index contributed by atoms with van der Waals surface area (Å²) in [4.78, 5) is 15.8. The Labute approximate surface area is 98.4 Å². The maximum atomic E-state index is 12.7. The molecule has 1 aromatic heterocycles. The topological polar surface area (TPSA) is 30.0 Å². The zero-order chi connectivity index (χ0) is 12.1. The lowest BCUT2D eigenvalue weighted by molar-refractivity contribution is 0.104. The summed E-state index contributed by atoms with van der Waals surface area (Å²) in [6, 6.07) is 10.9. The second-order valence-electron chi connectivity index (χ2n) is 3.46. The average Bonchev–Trinajstić information content (AvgIpc) is 2.38. The highest BCUT2D eigenvalue weighted by Gasteiger charge is 2.01. The summed E-state index contributed by atoms with van der Waals surface area (Å²) in [5.41, 5.74) is 1.17. The number of carbonyl (C=O) groups excluding carboxylic acids is 1. The van der Waals surface area contributed by atoms with Crippen molar-refractivity contribution in [2.75, 3.05) is 0 Å². The first-order valence-corrected chi connectivity index (χ1v) is 5.15. The average molecular weight is 227 g/mol. The molecule has 2 rings (SSSR count). The van der Waals surface area contributed by atoms with Crippen molar-refractivity contribution < 1.29 is 9.18 Å². The summed E-state index contributed by atoms with van der Waals surface area (Å²) in [5, 5.41) is 0. The molecule has 0 atom stereocenters. The van der Waals surface area contributed by atoms with Crippen LogP contribution in [0.25, 0.3) is 6.08 Å². The highest BCUT2D eigenvalue weighted by molar-refractivity contribution is 6.06. The van der Waals surface area contributed by atoms with Crippen molar-refractivity contribution in [3.05, 3.63) is 71.8 Å². The van der Waals surface area contributed by atoms with Gasteiger partial charge in [-0.3, -0.25) is 9.78 Å². The molecule has 2 aromatic rings. The number of benzene rings is 1. The standard InChI is InChI=1S/C14H10FNO/c15-12-6-4-11(5-7-12)14(17)9-8-13-3-1-2-10-16-13/h1-10H. The van der Waals surface area contributed by atoms with E-state index in [0.29, 0.717) is 11.3 Å². The molecule has 84 valence electrons. The van der Waals surface area contributed by atoms with Gasteiger partial charge in [0.2, 0.25) is 0 Å². The number of hydrogen-bond acceptors (Lipinski definition) is 2. The number of halogens is 1. The third-order valence-corrected chi connectivity index (χ3v) is 2.22. The number of carbonyl (C=O) groups is 1. The van der Waals surface area contributed by atoms with E-state index in [-0.39, 0.29) is 11.6 Å². The quantitative estimate of drug-likeness (QED) is 0.595. The van der Waals surface area contributed by atoms with Crippen LogP contribution in [-0.4, -0.2) is 10.8 Å². The van der Waals surface area contributed by atoms with E-state index in [0.717, 1.165) is 0 Å². The van der Waals surface area contributed by atoms with Crippen molar-refractivity contribution in [2.45, 2.75) is 0 Å². The van der Waals surface area contributed by atoms with Crippen LogP contribution in [0.2, 0.25) is 0 Å². The van der Waals surface area contributed by atoms with E-state index >= 15 is 0 Å². The highest BCUT2D eigenvalue weighted by atomic mass is 19.1. The van der Waals surface area contributed by atoms with Gasteiger partial charge in [-0.25, -0.2) is 4.39 Å². The number of allylic oxidation sites excluding steroid dienone is 1. The summed E-state index contributed by atoms with van der Waals surface area (Å²) < 4.78 is 12.7. The molecule has 1 aromatic carbocycles. The van der Waals surface area contributed by atoms with E-state index in [2.05, 4.69) is 4.98 Å². The molecule has 1 heterocycles. The van der Waals surface area contributed by atoms with Crippen LogP contribution in [0, 0.1) is 5.82 Å². The van der Waals surface area contributed by atoms with E-state index in [1.165, 1.54) is 30.3 Å². The number of hydrogen-bond donors (Lipinski definition) is 0. The minimum absolute atomic E-state index is 0.171. The van der Waals surface area contributed by atoms with E-state index in [4.69, 9.17) is 0 Å². The summed E-state index contributed by atoms with van der Waals surface area (Å²) >= 11 is 0. The SMILES string of the molecule is O=C(C=Cc1ccccn1)c1ccc(F)cc1. The van der Waals surface area contributed by atoms with Crippen molar-refractivity contribution in [3.8, 4) is 0 Å². The molecule has 0 aliphatic heterocycles. The van der Waals surface area contributed by atoms with Gasteiger partial charge in [0.25, 0.3) is 0 Å². The Morgan fingerprint density at radius 1 is 1.12 bits per heavy atom. The van der Waals surface area contributed by atoms with Crippen molar-refractivity contribution in [3.63, 3.8) is 0 Å². The highest BCUT2D eigenvalue weighted by Crippen LogP contribution is 2.05. The molecule has 0 bridgehead atoms. The van der Waals surface area contributed by atoms with Gasteiger partial charge in [-0.1, -0.05) is 6.07 Å². The molecule has 0 N–H and O–H groups in total. The van der Waals surface area contributed by atoms with Crippen LogP contribution in [-0.2, 0) is 0 Å². The molecule has 0 saturated carbocycles. The Morgan fingerprint density at radius 3 is 2.53 bits per heavy atom. The van der Waals surface area contributed by atoms with Crippen molar-refractivity contribution in [2.24, 2.45) is 0 Å². The lowest BCUT2D eigenvalue weighted by Gasteiger charge is -1.95. The molecule has 0 aliphatic rings. The normalized spacial score (nSPS) is 10.6. The molecule has 0 amide bonds. The fourth-order valence-electron chi connectivity index (χ4n) is 1.35. The Morgan fingerprint density at radius 2 is 1.88 bits per heavy atom. The molecule has 3 heteroatoms. The predicted molar refractivity (Wildman–Crippen MR) is 64.0 cm³/mol. The van der Waals surface area contributed by atoms with Gasteiger partial charge >= 0.3 is 0 Å². The predicted octanol–water partition coefficient (Wildman–Crippen LogP) is 3.12. The molecule has 0 unspecified atom stereocenters. The molecule has 0 aliphatic carbocycles. The van der Waals surface area contributed by atoms with E-state index in [1.807, 2.05) is 6.07 Å². The second kappa shape index (κ2) is 5.16. The zero-order valence-electron chi connectivity index (χ0n) is 9.01. The zero-order valence-corrected chi connectivity index (χ0v) is 9.01. The lowest BCUT2D eigenvalue weighted by atomic mass is 10.1. The van der Waals surface area contributed by atoms with Crippen LogP contribution in [0.1, 0.15) is 16.1 Å². The third kappa shape index (κ3) is 3.08. The first-order valence-electron chi connectivity index (χ1n) is 5.15. The summed E-state index contributed by atoms with van der Waals surface area (Å²) in [6.07, 6.45) is 4.71. The maximum absolute atomic E-state index is 12.7. The molecule has 0 spiro atoms. The van der Waals surface area contributed by atoms with Crippen LogP contribution in [0.4, 0.5) is 4.39 Å². The van der Waals surface area contributed by atoms with Gasteiger partial charge in [-0.15, -0.1) is 0 Å². The van der Waals surface area contributed by atoms with Gasteiger partial charge in [0, 0.05) is 11.8 Å². The number of ketones is 1. The molecular formula is C14H10FNO. The van der Waals surface area contributed by atoms with Crippen LogP contribution >= 0.6 is 0 Å². The van der Waals surface area contributed by atoms with Gasteiger partial charge in [-0.05, 0) is 48.6 Å². The Bertz CT molecular complexity index is 532. The molecule has 2 nitrogen and oxygen atoms in total. The van der Waals surface area contributed by atoms with Crippen molar-refractivity contribution in [1.82, 2.24) is 4.98 Å². The Balaban J connectivity index is 2.12. The minimum atomic E-state index is -0.352. The number of aromatic nitrogens is 1. The van der Waals surface area contributed by atoms with E-state index in [9.17, 15) is 9.18 Å². The fourth-order valence-corrected chi connectivity index (χ4v) is 1.35. The van der Waals surface area contributed by atoms with Gasteiger partial charge in [0.05, 0.1) is 5.69 Å². The van der Waals surface area contributed by atoms with Gasteiger partial charge in [-0.2, -0.15) is 0 Å². The first-order chi connectivity index (χ1) is 8.25. The number of nitrogens with zero attached hydrogens (tertiary/aromatic N) is 1. The molecule has 0 radical (unpaired) electrons. The smallest absolute Gasteiger partial charge is 0.185 e. The second-order valence-corrected chi connectivity index (χ2v) is 3.46. The summed E-state index contributed by atoms with van der Waals surface area (Å²) in [7, 11) is 0. The molecule has 0 fully saturated rings. The minimum Gasteiger partial charge on any atom is -0.289 e. The summed E-state index contributed by atoms with van der Waals surface area (Å²) in [6.45, 7) is 0. The summed E-state index contributed by atoms with van der Waals surface area (Å²) in [5.74, 6) is -0.522. The molecule has 17 heavy (non-hydrogen) atoms. The van der Waals surface area contributed by atoms with E-state index < -0.39 is 0 Å². The molecular weight excluding hydrogens is 217 g/mol. The fraction of sp³-hybridized carbons (Fsp3) is 0. The van der Waals surface area contributed by atoms with Gasteiger partial charge in [0.1, 0.15) is 5.82 Å². The third-order valence-electron chi connectivity index (χ3n) is 2.22. The van der Waals surface area contributed by atoms with Gasteiger partial charge < -0.3 is 0 Å².